The van der Waals surface area contributed by atoms with Crippen molar-refractivity contribution in [2.45, 2.75) is 31.7 Å². The van der Waals surface area contributed by atoms with Crippen LogP contribution in [-0.2, 0) is 4.74 Å². The van der Waals surface area contributed by atoms with Crippen LogP contribution in [0.2, 0.25) is 0 Å². The number of amides is 1. The second-order valence-corrected chi connectivity index (χ2v) is 5.73. The molecule has 1 spiro atoms. The fraction of sp³-hybridized carbons (Fsp3) is 0.500. The number of nitrogens with one attached hydrogen (secondary N) is 1. The van der Waals surface area contributed by atoms with Gasteiger partial charge in [-0.15, -0.1) is 0 Å². The molecule has 20 heavy (non-hydrogen) atoms. The summed E-state index contributed by atoms with van der Waals surface area (Å²) in [5, 5.41) is 12.0. The van der Waals surface area contributed by atoms with Crippen molar-refractivity contribution in [2.75, 3.05) is 13.2 Å². The molecule has 0 radical (unpaired) electrons. The number of nitrogens with zero attached hydrogens (tertiary/aromatic N) is 1. The standard InChI is InChI=1S/C16H18N2O2/c17-11-12-2-1-3-13(10-12)15(19)18-14-4-5-16(14)6-8-20-9-7-16/h1-3,10,14H,4-9H2,(H,18,19). The summed E-state index contributed by atoms with van der Waals surface area (Å²) in [5.74, 6) is -0.0716. The molecule has 1 atom stereocenters. The van der Waals surface area contributed by atoms with Crippen LogP contribution in [0.25, 0.3) is 0 Å². The molecule has 2 fully saturated rings. The molecule has 1 saturated heterocycles. The van der Waals surface area contributed by atoms with Crippen molar-refractivity contribution >= 4 is 5.91 Å². The Morgan fingerprint density at radius 3 is 2.80 bits per heavy atom. The maximum atomic E-state index is 12.3. The van der Waals surface area contributed by atoms with Gasteiger partial charge in [0.2, 0.25) is 0 Å². The largest absolute Gasteiger partial charge is 0.381 e. The van der Waals surface area contributed by atoms with Gasteiger partial charge in [-0.25, -0.2) is 0 Å². The molecule has 1 aliphatic heterocycles. The molecule has 4 heteroatoms. The minimum atomic E-state index is -0.0716. The second kappa shape index (κ2) is 5.26. The first-order valence-electron chi connectivity index (χ1n) is 7.12. The van der Waals surface area contributed by atoms with E-state index >= 15 is 0 Å². The van der Waals surface area contributed by atoms with Crippen LogP contribution in [0.1, 0.15) is 41.6 Å². The Labute approximate surface area is 118 Å². The minimum Gasteiger partial charge on any atom is -0.381 e. The number of hydrogen-bond acceptors (Lipinski definition) is 3. The Morgan fingerprint density at radius 1 is 1.35 bits per heavy atom. The van der Waals surface area contributed by atoms with Crippen LogP contribution in [0.3, 0.4) is 0 Å². The van der Waals surface area contributed by atoms with Crippen LogP contribution in [0.4, 0.5) is 0 Å². The summed E-state index contributed by atoms with van der Waals surface area (Å²) in [6.07, 6.45) is 4.30. The van der Waals surface area contributed by atoms with Gasteiger partial charge in [0.1, 0.15) is 0 Å². The Morgan fingerprint density at radius 2 is 2.15 bits per heavy atom. The third-order valence-corrected chi connectivity index (χ3v) is 4.72. The van der Waals surface area contributed by atoms with E-state index in [0.717, 1.165) is 32.5 Å². The lowest BCUT2D eigenvalue weighted by Crippen LogP contribution is -2.57. The lowest BCUT2D eigenvalue weighted by Gasteiger charge is -2.52. The zero-order chi connectivity index (χ0) is 14.0. The molecule has 1 amide bonds. The topological polar surface area (TPSA) is 62.1 Å². The van der Waals surface area contributed by atoms with E-state index in [1.54, 1.807) is 24.3 Å². The summed E-state index contributed by atoms with van der Waals surface area (Å²) < 4.78 is 5.42. The van der Waals surface area contributed by atoms with Crippen LogP contribution < -0.4 is 5.32 Å². The molecule has 1 N–H and O–H groups in total. The number of hydrogen-bond donors (Lipinski definition) is 1. The van der Waals surface area contributed by atoms with Gasteiger partial charge < -0.3 is 10.1 Å². The van der Waals surface area contributed by atoms with E-state index in [0.29, 0.717) is 11.1 Å². The summed E-state index contributed by atoms with van der Waals surface area (Å²) in [6.45, 7) is 1.60. The second-order valence-electron chi connectivity index (χ2n) is 5.73. The highest BCUT2D eigenvalue weighted by Gasteiger charge is 2.47. The van der Waals surface area contributed by atoms with Crippen LogP contribution in [0, 0.1) is 16.7 Å². The number of benzene rings is 1. The van der Waals surface area contributed by atoms with E-state index in [1.165, 1.54) is 6.42 Å². The highest BCUT2D eigenvalue weighted by atomic mass is 16.5. The van der Waals surface area contributed by atoms with E-state index in [-0.39, 0.29) is 17.4 Å². The number of carbonyl (C=O) groups excluding carboxylic acids is 1. The van der Waals surface area contributed by atoms with Crippen molar-refractivity contribution < 1.29 is 9.53 Å². The molecule has 1 aliphatic carbocycles. The van der Waals surface area contributed by atoms with E-state index in [1.807, 2.05) is 0 Å². The van der Waals surface area contributed by atoms with Gasteiger partial charge in [-0.05, 0) is 49.3 Å². The Hall–Kier alpha value is -1.86. The van der Waals surface area contributed by atoms with Gasteiger partial charge in [0.25, 0.3) is 5.91 Å². The quantitative estimate of drug-likeness (QED) is 0.896. The molecule has 4 nitrogen and oxygen atoms in total. The third kappa shape index (κ3) is 2.30. The number of ether oxygens (including phenoxy) is 1. The van der Waals surface area contributed by atoms with Crippen molar-refractivity contribution in [3.63, 3.8) is 0 Å². The first-order chi connectivity index (χ1) is 9.73. The number of nitriles is 1. The van der Waals surface area contributed by atoms with Gasteiger partial charge in [-0.2, -0.15) is 5.26 Å². The summed E-state index contributed by atoms with van der Waals surface area (Å²) in [7, 11) is 0. The Bertz CT molecular complexity index is 556. The summed E-state index contributed by atoms with van der Waals surface area (Å²) in [6, 6.07) is 9.17. The Balaban J connectivity index is 1.68. The minimum absolute atomic E-state index is 0.0716. The zero-order valence-electron chi connectivity index (χ0n) is 11.4. The maximum Gasteiger partial charge on any atom is 0.251 e. The number of rotatable bonds is 2. The molecule has 1 aromatic rings. The molecule has 1 aromatic carbocycles. The highest BCUT2D eigenvalue weighted by Crippen LogP contribution is 2.48. The Kier molecular flexibility index (Phi) is 3.45. The monoisotopic (exact) mass is 270 g/mol. The van der Waals surface area contributed by atoms with E-state index in [9.17, 15) is 4.79 Å². The summed E-state index contributed by atoms with van der Waals surface area (Å²) in [4.78, 5) is 12.3. The van der Waals surface area contributed by atoms with Crippen LogP contribution >= 0.6 is 0 Å². The van der Waals surface area contributed by atoms with Crippen LogP contribution in [0.15, 0.2) is 24.3 Å². The van der Waals surface area contributed by atoms with E-state index < -0.39 is 0 Å². The molecule has 104 valence electrons. The van der Waals surface area contributed by atoms with Gasteiger partial charge in [0.15, 0.2) is 0 Å². The maximum absolute atomic E-state index is 12.3. The van der Waals surface area contributed by atoms with Gasteiger partial charge in [0, 0.05) is 24.8 Å². The lowest BCUT2D eigenvalue weighted by atomic mass is 9.60. The van der Waals surface area contributed by atoms with Gasteiger partial charge >= 0.3 is 0 Å². The first kappa shape index (κ1) is 13.1. The average molecular weight is 270 g/mol. The van der Waals surface area contributed by atoms with Crippen molar-refractivity contribution in [1.29, 1.82) is 5.26 Å². The average Bonchev–Trinajstić information content (AvgIpc) is 2.52. The third-order valence-electron chi connectivity index (χ3n) is 4.72. The molecule has 1 saturated carbocycles. The van der Waals surface area contributed by atoms with Gasteiger partial charge in [-0.1, -0.05) is 6.07 Å². The van der Waals surface area contributed by atoms with E-state index in [4.69, 9.17) is 10.00 Å². The fourth-order valence-corrected chi connectivity index (χ4v) is 3.27. The highest BCUT2D eigenvalue weighted by molar-refractivity contribution is 5.94. The summed E-state index contributed by atoms with van der Waals surface area (Å²) in [5.41, 5.74) is 1.34. The van der Waals surface area contributed by atoms with Crippen molar-refractivity contribution in [2.24, 2.45) is 5.41 Å². The molecule has 0 aromatic heterocycles. The predicted molar refractivity (Wildman–Crippen MR) is 74.1 cm³/mol. The molecule has 1 unspecified atom stereocenters. The smallest absolute Gasteiger partial charge is 0.251 e. The molecule has 3 rings (SSSR count). The van der Waals surface area contributed by atoms with Gasteiger partial charge in [-0.3, -0.25) is 4.79 Å². The first-order valence-corrected chi connectivity index (χ1v) is 7.12. The van der Waals surface area contributed by atoms with E-state index in [2.05, 4.69) is 11.4 Å². The predicted octanol–water partition coefficient (Wildman–Crippen LogP) is 2.25. The normalized spacial score (nSPS) is 23.6. The van der Waals surface area contributed by atoms with Crippen molar-refractivity contribution in [3.8, 4) is 6.07 Å². The van der Waals surface area contributed by atoms with Gasteiger partial charge in [0.05, 0.1) is 11.6 Å². The molecule has 1 heterocycles. The molecule has 0 bridgehead atoms. The van der Waals surface area contributed by atoms with Crippen molar-refractivity contribution in [1.82, 2.24) is 5.32 Å². The molecular weight excluding hydrogens is 252 g/mol. The van der Waals surface area contributed by atoms with Crippen molar-refractivity contribution in [3.05, 3.63) is 35.4 Å². The molecule has 2 aliphatic rings. The van der Waals surface area contributed by atoms with Crippen LogP contribution in [-0.4, -0.2) is 25.2 Å². The fourth-order valence-electron chi connectivity index (χ4n) is 3.27. The van der Waals surface area contributed by atoms with Crippen LogP contribution in [0.5, 0.6) is 0 Å². The molecular formula is C16H18N2O2. The summed E-state index contributed by atoms with van der Waals surface area (Å²) >= 11 is 0. The SMILES string of the molecule is N#Cc1cccc(C(=O)NC2CCC23CCOCC3)c1. The lowest BCUT2D eigenvalue weighted by molar-refractivity contribution is -0.0523. The zero-order valence-corrected chi connectivity index (χ0v) is 11.4. The number of carbonyl (C=O) groups is 1.